The molecule has 3 heterocycles. The van der Waals surface area contributed by atoms with Gasteiger partial charge in [-0.25, -0.2) is 9.78 Å². The fourth-order valence-corrected chi connectivity index (χ4v) is 6.93. The summed E-state index contributed by atoms with van der Waals surface area (Å²) in [6, 6.07) is 16.0. The SMILES string of the molecule is CC(C)(C)OC(=O)NCC1CCC(C(=O)N(c2ccc3c(=O)[nH][nH]c3c2)[C@@H](Cc2ccc(-c3ccnc(N4CCOCC4)c3)cc2)C(N)=O)CC1. The molecule has 1 aliphatic heterocycles. The first-order chi connectivity index (χ1) is 24.4. The number of benzene rings is 2. The average Bonchev–Trinajstić information content (AvgIpc) is 3.50. The van der Waals surface area contributed by atoms with E-state index in [1.54, 1.807) is 24.4 Å². The van der Waals surface area contributed by atoms with Crippen LogP contribution in [0, 0.1) is 11.8 Å². The van der Waals surface area contributed by atoms with Gasteiger partial charge in [0.1, 0.15) is 17.5 Å². The molecule has 2 aliphatic rings. The lowest BCUT2D eigenvalue weighted by Crippen LogP contribution is -2.52. The Morgan fingerprint density at radius 2 is 1.73 bits per heavy atom. The van der Waals surface area contributed by atoms with Crippen molar-refractivity contribution >= 4 is 40.3 Å². The minimum Gasteiger partial charge on any atom is -0.444 e. The lowest BCUT2D eigenvalue weighted by molar-refractivity contribution is -0.127. The number of nitrogens with two attached hydrogens (primary N) is 1. The van der Waals surface area contributed by atoms with Crippen molar-refractivity contribution < 1.29 is 23.9 Å². The molecule has 51 heavy (non-hydrogen) atoms. The number of fused-ring (bicyclic) bond motifs is 1. The molecule has 2 aromatic heterocycles. The number of primary amides is 1. The third-order valence-electron chi connectivity index (χ3n) is 9.64. The van der Waals surface area contributed by atoms with Gasteiger partial charge >= 0.3 is 6.09 Å². The summed E-state index contributed by atoms with van der Waals surface area (Å²) in [5, 5.41) is 8.74. The molecule has 270 valence electrons. The van der Waals surface area contributed by atoms with Gasteiger partial charge in [-0.1, -0.05) is 24.3 Å². The zero-order chi connectivity index (χ0) is 36.1. The topological polar surface area (TPSA) is 176 Å². The van der Waals surface area contributed by atoms with Crippen molar-refractivity contribution in [2.24, 2.45) is 17.6 Å². The summed E-state index contributed by atoms with van der Waals surface area (Å²) < 4.78 is 10.9. The van der Waals surface area contributed by atoms with Gasteiger partial charge in [0.2, 0.25) is 11.8 Å². The summed E-state index contributed by atoms with van der Waals surface area (Å²) in [5.74, 6) is -0.0717. The predicted molar refractivity (Wildman–Crippen MR) is 195 cm³/mol. The second-order valence-electron chi connectivity index (χ2n) is 14.4. The number of morpholine rings is 1. The number of nitrogens with zero attached hydrogens (tertiary/aromatic N) is 3. The van der Waals surface area contributed by atoms with Gasteiger partial charge in [0.25, 0.3) is 5.56 Å². The van der Waals surface area contributed by atoms with Crippen molar-refractivity contribution in [2.45, 2.75) is 64.5 Å². The van der Waals surface area contributed by atoms with E-state index in [0.717, 1.165) is 48.4 Å². The minimum atomic E-state index is -0.980. The van der Waals surface area contributed by atoms with Gasteiger partial charge in [-0.15, -0.1) is 0 Å². The first-order valence-corrected chi connectivity index (χ1v) is 17.6. The third kappa shape index (κ3) is 8.77. The summed E-state index contributed by atoms with van der Waals surface area (Å²) in [6.07, 6.45) is 4.20. The van der Waals surface area contributed by atoms with Gasteiger partial charge in [0.05, 0.1) is 24.1 Å². The smallest absolute Gasteiger partial charge is 0.407 e. The first-order valence-electron chi connectivity index (χ1n) is 17.6. The van der Waals surface area contributed by atoms with E-state index < -0.39 is 23.6 Å². The Labute approximate surface area is 296 Å². The number of rotatable bonds is 10. The maximum Gasteiger partial charge on any atom is 0.407 e. The molecular formula is C38H47N7O6. The number of carbonyl (C=O) groups excluding carboxylic acids is 3. The Hall–Kier alpha value is -5.17. The highest BCUT2D eigenvalue weighted by Gasteiger charge is 2.36. The molecule has 0 radical (unpaired) electrons. The molecule has 0 spiro atoms. The van der Waals surface area contributed by atoms with Crippen molar-refractivity contribution in [1.29, 1.82) is 0 Å². The monoisotopic (exact) mass is 697 g/mol. The quantitative estimate of drug-likeness (QED) is 0.187. The number of hydrogen-bond donors (Lipinski definition) is 4. The van der Waals surface area contributed by atoms with Crippen LogP contribution in [0.25, 0.3) is 22.0 Å². The van der Waals surface area contributed by atoms with Crippen LogP contribution in [0.3, 0.4) is 0 Å². The highest BCUT2D eigenvalue weighted by atomic mass is 16.6. The summed E-state index contributed by atoms with van der Waals surface area (Å²) in [5.41, 5.74) is 9.08. The number of H-pyrrole nitrogens is 2. The molecule has 6 rings (SSSR count). The Morgan fingerprint density at radius 3 is 2.41 bits per heavy atom. The van der Waals surface area contributed by atoms with E-state index in [4.69, 9.17) is 15.2 Å². The molecule has 3 amide bonds. The summed E-state index contributed by atoms with van der Waals surface area (Å²) in [4.78, 5) is 60.4. The fourth-order valence-electron chi connectivity index (χ4n) is 6.93. The molecule has 2 aromatic carbocycles. The van der Waals surface area contributed by atoms with Crippen LogP contribution in [0.5, 0.6) is 0 Å². The van der Waals surface area contributed by atoms with Crippen molar-refractivity contribution in [3.63, 3.8) is 0 Å². The van der Waals surface area contributed by atoms with E-state index in [0.29, 0.717) is 49.2 Å². The molecule has 1 saturated heterocycles. The molecule has 2 fully saturated rings. The lowest BCUT2D eigenvalue weighted by Gasteiger charge is -2.36. The van der Waals surface area contributed by atoms with E-state index in [1.165, 1.54) is 4.90 Å². The molecule has 1 aliphatic carbocycles. The van der Waals surface area contributed by atoms with Gasteiger partial charge < -0.3 is 25.4 Å². The Bertz CT molecular complexity index is 1900. The van der Waals surface area contributed by atoms with Crippen LogP contribution in [0.2, 0.25) is 0 Å². The molecule has 0 bridgehead atoms. The number of pyridine rings is 1. The lowest BCUT2D eigenvalue weighted by atomic mass is 9.81. The van der Waals surface area contributed by atoms with E-state index >= 15 is 0 Å². The maximum absolute atomic E-state index is 14.4. The first kappa shape index (κ1) is 35.6. The number of carbonyl (C=O) groups is 3. The number of aromatic amines is 2. The largest absolute Gasteiger partial charge is 0.444 e. The number of alkyl carbamates (subject to hydrolysis) is 1. The molecule has 1 atom stereocenters. The molecule has 13 heteroatoms. The predicted octanol–water partition coefficient (Wildman–Crippen LogP) is 4.52. The summed E-state index contributed by atoms with van der Waals surface area (Å²) in [7, 11) is 0. The van der Waals surface area contributed by atoms with Gasteiger partial charge in [-0.2, -0.15) is 0 Å². The van der Waals surface area contributed by atoms with Crippen LogP contribution in [0.1, 0.15) is 52.0 Å². The van der Waals surface area contributed by atoms with E-state index in [-0.39, 0.29) is 29.7 Å². The average molecular weight is 698 g/mol. The fraction of sp³-hybridized carbons (Fsp3) is 0.447. The number of hydrogen-bond acceptors (Lipinski definition) is 8. The number of ether oxygens (including phenoxy) is 2. The van der Waals surface area contributed by atoms with Crippen molar-refractivity contribution in [3.05, 3.63) is 76.7 Å². The summed E-state index contributed by atoms with van der Waals surface area (Å²) >= 11 is 0. The second kappa shape index (κ2) is 15.4. The third-order valence-corrected chi connectivity index (χ3v) is 9.64. The molecule has 0 unspecified atom stereocenters. The minimum absolute atomic E-state index is 0.196. The maximum atomic E-state index is 14.4. The molecule has 5 N–H and O–H groups in total. The van der Waals surface area contributed by atoms with Crippen molar-refractivity contribution in [3.8, 4) is 11.1 Å². The number of amides is 3. The highest BCUT2D eigenvalue weighted by Crippen LogP contribution is 2.33. The molecule has 1 saturated carbocycles. The standard InChI is InChI=1S/C38H47N7O6/c1-38(2,3)51-37(49)41-23-25-6-10-27(11-7-25)36(48)45(29-12-13-30-31(22-29)42-43-35(30)47)32(34(39)46)20-24-4-8-26(9-5-24)28-14-15-40-33(21-28)44-16-18-50-19-17-44/h4-5,8-9,12-15,21-22,25,27,32H,6-7,10-11,16-20,23H2,1-3H3,(H2,39,46)(H,41,49)(H2,42,43,47)/t25?,27?,32-/m0/s1. The Kier molecular flexibility index (Phi) is 10.8. The Morgan fingerprint density at radius 1 is 1.00 bits per heavy atom. The molecular weight excluding hydrogens is 650 g/mol. The second-order valence-corrected chi connectivity index (χ2v) is 14.4. The van der Waals surface area contributed by atoms with Crippen LogP contribution in [-0.4, -0.2) is 77.6 Å². The van der Waals surface area contributed by atoms with E-state index in [9.17, 15) is 19.2 Å². The normalized spacial score (nSPS) is 18.6. The van der Waals surface area contributed by atoms with Gasteiger partial charge in [-0.05, 0) is 99.4 Å². The van der Waals surface area contributed by atoms with Crippen LogP contribution in [0.4, 0.5) is 16.3 Å². The van der Waals surface area contributed by atoms with E-state index in [2.05, 4.69) is 31.5 Å². The molecule has 4 aromatic rings. The number of anilines is 2. The van der Waals surface area contributed by atoms with Crippen LogP contribution in [0.15, 0.2) is 65.6 Å². The van der Waals surface area contributed by atoms with Gasteiger partial charge in [0.15, 0.2) is 0 Å². The zero-order valence-electron chi connectivity index (χ0n) is 29.4. The number of nitrogens with one attached hydrogen (secondary N) is 3. The van der Waals surface area contributed by atoms with Crippen molar-refractivity contribution in [1.82, 2.24) is 20.5 Å². The van der Waals surface area contributed by atoms with Crippen molar-refractivity contribution in [2.75, 3.05) is 42.6 Å². The highest BCUT2D eigenvalue weighted by molar-refractivity contribution is 6.03. The van der Waals surface area contributed by atoms with Crippen LogP contribution in [-0.2, 0) is 25.5 Å². The number of aromatic nitrogens is 3. The molecule has 13 nitrogen and oxygen atoms in total. The van der Waals surface area contributed by atoms with Crippen LogP contribution < -0.4 is 26.4 Å². The van der Waals surface area contributed by atoms with Gasteiger partial charge in [0, 0.05) is 43.9 Å². The van der Waals surface area contributed by atoms with E-state index in [1.807, 2.05) is 51.1 Å². The zero-order valence-corrected chi connectivity index (χ0v) is 29.4. The van der Waals surface area contributed by atoms with Gasteiger partial charge in [-0.3, -0.25) is 29.5 Å². The van der Waals surface area contributed by atoms with Crippen LogP contribution >= 0.6 is 0 Å². The Balaban J connectivity index is 1.20. The summed E-state index contributed by atoms with van der Waals surface area (Å²) in [6.45, 7) is 8.85.